The minimum atomic E-state index is -5.03. The molecule has 0 bridgehead atoms. The third kappa shape index (κ3) is 3.69. The summed E-state index contributed by atoms with van der Waals surface area (Å²) in [6.45, 7) is 0. The van der Waals surface area contributed by atoms with E-state index in [9.17, 15) is 23.1 Å². The molecule has 1 unspecified atom stereocenters. The van der Waals surface area contributed by atoms with Gasteiger partial charge in [-0.05, 0) is 29.8 Å². The minimum Gasteiger partial charge on any atom is -0.422 e. The Bertz CT molecular complexity index is 1450. The summed E-state index contributed by atoms with van der Waals surface area (Å²) in [6, 6.07) is 14.5. The number of hydrogen-bond donors (Lipinski definition) is 1. The molecule has 0 saturated carbocycles. The SMILES string of the molecule is O=c1oc2ccccc2cc1-c1csc(N2N=C(c3ccc(Cl)cc3)CC2(O)C(F)(F)F)n1. The van der Waals surface area contributed by atoms with Crippen molar-refractivity contribution in [3.05, 3.63) is 81.0 Å². The molecule has 1 N–H and O–H groups in total. The van der Waals surface area contributed by atoms with Gasteiger partial charge in [-0.2, -0.15) is 23.3 Å². The van der Waals surface area contributed by atoms with Crippen molar-refractivity contribution in [1.29, 1.82) is 0 Å². The van der Waals surface area contributed by atoms with Gasteiger partial charge < -0.3 is 9.52 Å². The molecule has 1 atom stereocenters. The Morgan fingerprint density at radius 3 is 2.61 bits per heavy atom. The Labute approximate surface area is 193 Å². The lowest BCUT2D eigenvalue weighted by atomic mass is 10.0. The van der Waals surface area contributed by atoms with E-state index in [1.165, 1.54) is 29.6 Å². The van der Waals surface area contributed by atoms with Crippen molar-refractivity contribution in [1.82, 2.24) is 4.98 Å². The summed E-state index contributed by atoms with van der Waals surface area (Å²) >= 11 is 6.68. The number of rotatable bonds is 3. The number of aromatic nitrogens is 1. The predicted octanol–water partition coefficient (Wildman–Crippen LogP) is 5.44. The minimum absolute atomic E-state index is 0.0217. The Morgan fingerprint density at radius 2 is 1.88 bits per heavy atom. The Morgan fingerprint density at radius 1 is 1.15 bits per heavy atom. The van der Waals surface area contributed by atoms with Gasteiger partial charge in [0.15, 0.2) is 0 Å². The molecule has 5 rings (SSSR count). The highest BCUT2D eigenvalue weighted by Crippen LogP contribution is 2.45. The zero-order valence-electron chi connectivity index (χ0n) is 16.5. The van der Waals surface area contributed by atoms with Crippen LogP contribution in [-0.2, 0) is 0 Å². The topological polar surface area (TPSA) is 78.9 Å². The summed E-state index contributed by atoms with van der Waals surface area (Å²) < 4.78 is 47.1. The third-order valence-corrected chi connectivity index (χ3v) is 6.28. The van der Waals surface area contributed by atoms with E-state index in [4.69, 9.17) is 16.0 Å². The van der Waals surface area contributed by atoms with Gasteiger partial charge in [0.25, 0.3) is 5.72 Å². The molecule has 6 nitrogen and oxygen atoms in total. The van der Waals surface area contributed by atoms with Gasteiger partial charge in [0.05, 0.1) is 23.4 Å². The normalized spacial score (nSPS) is 18.7. The van der Waals surface area contributed by atoms with Crippen molar-refractivity contribution in [2.24, 2.45) is 5.10 Å². The van der Waals surface area contributed by atoms with Gasteiger partial charge in [0.1, 0.15) is 5.58 Å². The van der Waals surface area contributed by atoms with E-state index in [1.54, 1.807) is 30.3 Å². The van der Waals surface area contributed by atoms with E-state index >= 15 is 0 Å². The second kappa shape index (κ2) is 7.68. The maximum absolute atomic E-state index is 13.9. The number of halogens is 4. The van der Waals surface area contributed by atoms with Gasteiger partial charge in [-0.1, -0.05) is 41.9 Å². The fraction of sp³-hybridized carbons (Fsp3) is 0.136. The lowest BCUT2D eigenvalue weighted by molar-refractivity contribution is -0.254. The fourth-order valence-corrected chi connectivity index (χ4v) is 4.46. The molecule has 2 aromatic heterocycles. The van der Waals surface area contributed by atoms with Crippen LogP contribution in [0.2, 0.25) is 5.02 Å². The average molecular weight is 492 g/mol. The van der Waals surface area contributed by atoms with E-state index in [2.05, 4.69) is 10.1 Å². The highest BCUT2D eigenvalue weighted by atomic mass is 35.5. The van der Waals surface area contributed by atoms with Crippen molar-refractivity contribution in [2.75, 3.05) is 5.01 Å². The molecule has 3 heterocycles. The van der Waals surface area contributed by atoms with E-state index < -0.39 is 23.9 Å². The zero-order chi connectivity index (χ0) is 23.4. The molecule has 1 aliphatic rings. The van der Waals surface area contributed by atoms with Crippen LogP contribution in [-0.4, -0.2) is 27.7 Å². The van der Waals surface area contributed by atoms with Gasteiger partial charge in [0.2, 0.25) is 5.13 Å². The molecule has 1 aliphatic heterocycles. The number of fused-ring (bicyclic) bond motifs is 1. The highest BCUT2D eigenvalue weighted by molar-refractivity contribution is 7.14. The second-order valence-corrected chi connectivity index (χ2v) is 8.63. The summed E-state index contributed by atoms with van der Waals surface area (Å²) in [7, 11) is 0. The van der Waals surface area contributed by atoms with Crippen LogP contribution in [0.3, 0.4) is 0 Å². The first-order valence-corrected chi connectivity index (χ1v) is 10.8. The number of thiazole rings is 1. The lowest BCUT2D eigenvalue weighted by Gasteiger charge is -2.32. The first-order chi connectivity index (χ1) is 15.7. The first-order valence-electron chi connectivity index (χ1n) is 9.57. The maximum Gasteiger partial charge on any atom is 0.438 e. The van der Waals surface area contributed by atoms with Gasteiger partial charge >= 0.3 is 11.8 Å². The van der Waals surface area contributed by atoms with Crippen LogP contribution in [0, 0.1) is 0 Å². The predicted molar refractivity (Wildman–Crippen MR) is 120 cm³/mol. The van der Waals surface area contributed by atoms with Crippen LogP contribution in [0.4, 0.5) is 18.3 Å². The molecule has 0 spiro atoms. The van der Waals surface area contributed by atoms with Crippen molar-refractivity contribution < 1.29 is 22.7 Å². The first kappa shape index (κ1) is 21.6. The van der Waals surface area contributed by atoms with Crippen LogP contribution in [0.25, 0.3) is 22.2 Å². The summed E-state index contributed by atoms with van der Waals surface area (Å²) in [5, 5.41) is 17.4. The Balaban J connectivity index is 1.58. The third-order valence-electron chi connectivity index (χ3n) is 5.21. The number of nitrogens with zero attached hydrogens (tertiary/aromatic N) is 3. The molecule has 0 amide bonds. The number of hydrogen-bond acceptors (Lipinski definition) is 7. The molecule has 4 aromatic rings. The molecular formula is C22H13ClF3N3O3S. The standard InChI is InChI=1S/C22H13ClF3N3O3S/c23-14-7-5-12(6-8-14)16-10-21(31,22(24,25)26)29(28-16)20-27-17(11-33-20)15-9-13-3-1-2-4-18(13)32-19(15)30/h1-9,11,31H,10H2. The number of alkyl halides is 3. The molecule has 0 saturated heterocycles. The molecule has 0 radical (unpaired) electrons. The van der Waals surface area contributed by atoms with Gasteiger partial charge in [-0.15, -0.1) is 11.3 Å². The number of anilines is 1. The van der Waals surface area contributed by atoms with Crippen LogP contribution in [0.15, 0.2) is 74.3 Å². The summed E-state index contributed by atoms with van der Waals surface area (Å²) in [5.41, 5.74) is -2.98. The monoisotopic (exact) mass is 491 g/mol. The molecule has 0 aliphatic carbocycles. The van der Waals surface area contributed by atoms with E-state index in [-0.39, 0.29) is 22.1 Å². The second-order valence-electron chi connectivity index (χ2n) is 7.36. The average Bonchev–Trinajstić information content (AvgIpc) is 3.39. The van der Waals surface area contributed by atoms with Crippen LogP contribution in [0.1, 0.15) is 12.0 Å². The lowest BCUT2D eigenvalue weighted by Crippen LogP contribution is -2.55. The van der Waals surface area contributed by atoms with Crippen molar-refractivity contribution in [2.45, 2.75) is 18.3 Å². The highest BCUT2D eigenvalue weighted by Gasteiger charge is 2.62. The quantitative estimate of drug-likeness (QED) is 0.386. The van der Waals surface area contributed by atoms with Gasteiger partial charge in [-0.3, -0.25) is 0 Å². The Hall–Kier alpha value is -3.21. The van der Waals surface area contributed by atoms with Crippen molar-refractivity contribution in [3.8, 4) is 11.3 Å². The van der Waals surface area contributed by atoms with Crippen molar-refractivity contribution in [3.63, 3.8) is 0 Å². The maximum atomic E-state index is 13.9. The van der Waals surface area contributed by atoms with Crippen LogP contribution in [0.5, 0.6) is 0 Å². The number of aliphatic hydroxyl groups is 1. The number of hydrazone groups is 1. The number of benzene rings is 2. The summed E-state index contributed by atoms with van der Waals surface area (Å²) in [4.78, 5) is 16.6. The number of para-hydroxylation sites is 1. The van der Waals surface area contributed by atoms with Gasteiger partial charge in [0, 0.05) is 15.8 Å². The van der Waals surface area contributed by atoms with E-state index in [0.717, 1.165) is 11.3 Å². The van der Waals surface area contributed by atoms with E-state index in [1.807, 2.05) is 0 Å². The van der Waals surface area contributed by atoms with E-state index in [0.29, 0.717) is 26.6 Å². The molecule has 11 heteroatoms. The van der Waals surface area contributed by atoms with Gasteiger partial charge in [-0.25, -0.2) is 9.78 Å². The molecule has 168 valence electrons. The van der Waals surface area contributed by atoms with Crippen LogP contribution < -0.4 is 10.6 Å². The zero-order valence-corrected chi connectivity index (χ0v) is 18.1. The fourth-order valence-electron chi connectivity index (χ4n) is 3.50. The smallest absolute Gasteiger partial charge is 0.422 e. The molecule has 2 aromatic carbocycles. The van der Waals surface area contributed by atoms with Crippen molar-refractivity contribution >= 4 is 44.8 Å². The molecule has 33 heavy (non-hydrogen) atoms. The van der Waals surface area contributed by atoms with Crippen LogP contribution >= 0.6 is 22.9 Å². The largest absolute Gasteiger partial charge is 0.438 e. The summed E-state index contributed by atoms with van der Waals surface area (Å²) in [6.07, 6.45) is -5.83. The summed E-state index contributed by atoms with van der Waals surface area (Å²) in [5.74, 6) is 0. The Kier molecular flexibility index (Phi) is 5.04. The molecular weight excluding hydrogens is 479 g/mol. The molecule has 0 fully saturated rings.